The van der Waals surface area contributed by atoms with E-state index in [1.807, 2.05) is 6.92 Å². The van der Waals surface area contributed by atoms with Gasteiger partial charge in [0.1, 0.15) is 0 Å². The molecule has 0 bridgehead atoms. The van der Waals surface area contributed by atoms with Crippen molar-refractivity contribution in [2.24, 2.45) is 0 Å². The summed E-state index contributed by atoms with van der Waals surface area (Å²) < 4.78 is 32.0. The van der Waals surface area contributed by atoms with Crippen molar-refractivity contribution >= 4 is 10.1 Å². The zero-order valence-electron chi connectivity index (χ0n) is 9.53. The van der Waals surface area contributed by atoms with Gasteiger partial charge in [0.05, 0.1) is 0 Å². The monoisotopic (exact) mass is 246 g/mol. The quantitative estimate of drug-likeness (QED) is 0.620. The Balaban J connectivity index is 2.92. The summed E-state index contributed by atoms with van der Waals surface area (Å²) in [6, 6.07) is 0. The standard InChI is InChI=1S/C10H18N2O3S/c1-3-11-9-5-7-10(8-6-9,12-4-2)16(13,14)15/h5-7,11-12H,3-4,8H2,1-2H3,(H,13,14,15). The molecule has 1 aliphatic rings. The van der Waals surface area contributed by atoms with Crippen molar-refractivity contribution < 1.29 is 13.0 Å². The van der Waals surface area contributed by atoms with E-state index in [0.717, 1.165) is 12.2 Å². The Hall–Kier alpha value is -0.850. The van der Waals surface area contributed by atoms with E-state index in [4.69, 9.17) is 0 Å². The molecule has 3 N–H and O–H groups in total. The van der Waals surface area contributed by atoms with Crippen LogP contribution >= 0.6 is 0 Å². The molecule has 0 saturated carbocycles. The minimum Gasteiger partial charge on any atom is -0.386 e. The van der Waals surface area contributed by atoms with Crippen molar-refractivity contribution in [2.75, 3.05) is 13.1 Å². The lowest BCUT2D eigenvalue weighted by molar-refractivity contribution is 0.415. The summed E-state index contributed by atoms with van der Waals surface area (Å²) in [6.45, 7) is 5.00. The summed E-state index contributed by atoms with van der Waals surface area (Å²) in [5.41, 5.74) is 0.875. The Morgan fingerprint density at radius 1 is 1.44 bits per heavy atom. The number of hydrogen-bond donors (Lipinski definition) is 3. The van der Waals surface area contributed by atoms with Crippen LogP contribution in [0.1, 0.15) is 20.3 Å². The first-order valence-corrected chi connectivity index (χ1v) is 6.74. The second-order valence-electron chi connectivity index (χ2n) is 3.62. The third kappa shape index (κ3) is 2.63. The summed E-state index contributed by atoms with van der Waals surface area (Å²) >= 11 is 0. The normalized spacial score (nSPS) is 25.3. The fourth-order valence-electron chi connectivity index (χ4n) is 1.67. The van der Waals surface area contributed by atoms with Crippen molar-refractivity contribution in [3.05, 3.63) is 23.9 Å². The maximum atomic E-state index is 11.4. The molecule has 1 aliphatic carbocycles. The molecule has 16 heavy (non-hydrogen) atoms. The lowest BCUT2D eigenvalue weighted by atomic mass is 10.1. The summed E-state index contributed by atoms with van der Waals surface area (Å²) in [7, 11) is -4.16. The van der Waals surface area contributed by atoms with Crippen LogP contribution < -0.4 is 10.6 Å². The van der Waals surface area contributed by atoms with Crippen LogP contribution in [0.2, 0.25) is 0 Å². The van der Waals surface area contributed by atoms with E-state index in [0.29, 0.717) is 6.54 Å². The lowest BCUT2D eigenvalue weighted by Crippen LogP contribution is -2.50. The van der Waals surface area contributed by atoms with Gasteiger partial charge in [-0.25, -0.2) is 0 Å². The highest BCUT2D eigenvalue weighted by Gasteiger charge is 2.40. The number of allylic oxidation sites excluding steroid dienone is 1. The third-order valence-electron chi connectivity index (χ3n) is 2.47. The molecule has 0 amide bonds. The van der Waals surface area contributed by atoms with Gasteiger partial charge in [0, 0.05) is 18.7 Å². The van der Waals surface area contributed by atoms with Crippen LogP contribution in [0.15, 0.2) is 23.9 Å². The Morgan fingerprint density at radius 3 is 2.50 bits per heavy atom. The Bertz CT molecular complexity index is 400. The molecule has 0 radical (unpaired) electrons. The van der Waals surface area contributed by atoms with Gasteiger partial charge in [0.15, 0.2) is 4.87 Å². The van der Waals surface area contributed by atoms with Crippen LogP contribution in [-0.2, 0) is 10.1 Å². The highest BCUT2D eigenvalue weighted by Crippen LogP contribution is 2.25. The maximum absolute atomic E-state index is 11.4. The van der Waals surface area contributed by atoms with Gasteiger partial charge in [-0.3, -0.25) is 9.87 Å². The summed E-state index contributed by atoms with van der Waals surface area (Å²) in [5, 5.41) is 5.89. The second-order valence-corrected chi connectivity index (χ2v) is 5.30. The molecule has 1 unspecified atom stereocenters. The van der Waals surface area contributed by atoms with E-state index in [1.54, 1.807) is 19.1 Å². The molecule has 0 spiro atoms. The highest BCUT2D eigenvalue weighted by molar-refractivity contribution is 7.87. The molecule has 1 rings (SSSR count). The number of hydrogen-bond acceptors (Lipinski definition) is 4. The van der Waals surface area contributed by atoms with Gasteiger partial charge >= 0.3 is 0 Å². The van der Waals surface area contributed by atoms with Crippen LogP contribution in [0, 0.1) is 0 Å². The molecule has 0 aromatic carbocycles. The molecule has 0 aliphatic heterocycles. The van der Waals surface area contributed by atoms with Crippen LogP contribution in [0.3, 0.4) is 0 Å². The average Bonchev–Trinajstić information content (AvgIpc) is 2.20. The zero-order chi connectivity index (χ0) is 12.2. The lowest BCUT2D eigenvalue weighted by Gasteiger charge is -2.29. The van der Waals surface area contributed by atoms with Crippen LogP contribution in [0.25, 0.3) is 0 Å². The molecule has 0 aromatic rings. The van der Waals surface area contributed by atoms with E-state index in [9.17, 15) is 13.0 Å². The zero-order valence-corrected chi connectivity index (χ0v) is 10.3. The van der Waals surface area contributed by atoms with Crippen molar-refractivity contribution in [1.29, 1.82) is 0 Å². The summed E-state index contributed by atoms with van der Waals surface area (Å²) in [4.78, 5) is -1.37. The largest absolute Gasteiger partial charge is 0.386 e. The maximum Gasteiger partial charge on any atom is 0.288 e. The van der Waals surface area contributed by atoms with Crippen molar-refractivity contribution in [2.45, 2.75) is 25.1 Å². The van der Waals surface area contributed by atoms with Crippen LogP contribution in [0.4, 0.5) is 0 Å². The Kier molecular flexibility index (Phi) is 4.12. The van der Waals surface area contributed by atoms with E-state index in [-0.39, 0.29) is 6.42 Å². The molecular weight excluding hydrogens is 228 g/mol. The van der Waals surface area contributed by atoms with E-state index in [2.05, 4.69) is 10.6 Å². The van der Waals surface area contributed by atoms with Gasteiger partial charge in [-0.15, -0.1) is 0 Å². The molecule has 0 heterocycles. The van der Waals surface area contributed by atoms with Gasteiger partial charge in [-0.1, -0.05) is 13.0 Å². The molecule has 0 aromatic heterocycles. The van der Waals surface area contributed by atoms with Crippen molar-refractivity contribution in [3.8, 4) is 0 Å². The topological polar surface area (TPSA) is 78.4 Å². The second kappa shape index (κ2) is 4.99. The molecule has 5 nitrogen and oxygen atoms in total. The Labute approximate surface area is 96.4 Å². The van der Waals surface area contributed by atoms with E-state index >= 15 is 0 Å². The molecule has 1 atom stereocenters. The van der Waals surface area contributed by atoms with E-state index < -0.39 is 15.0 Å². The smallest absolute Gasteiger partial charge is 0.288 e. The molecular formula is C10H18N2O3S. The van der Waals surface area contributed by atoms with Gasteiger partial charge in [0.25, 0.3) is 10.1 Å². The first-order valence-electron chi connectivity index (χ1n) is 5.30. The molecule has 0 saturated heterocycles. The number of nitrogens with one attached hydrogen (secondary N) is 2. The van der Waals surface area contributed by atoms with Crippen LogP contribution in [0.5, 0.6) is 0 Å². The van der Waals surface area contributed by atoms with Gasteiger partial charge in [-0.2, -0.15) is 8.42 Å². The molecule has 92 valence electrons. The SMILES string of the molecule is CCNC1=CCC(NCC)(S(=O)(=O)O)C=C1. The van der Waals surface area contributed by atoms with E-state index in [1.165, 1.54) is 6.08 Å². The van der Waals surface area contributed by atoms with Gasteiger partial charge < -0.3 is 5.32 Å². The fourth-order valence-corrected chi connectivity index (χ4v) is 2.53. The van der Waals surface area contributed by atoms with Gasteiger partial charge in [-0.05, 0) is 25.6 Å². The van der Waals surface area contributed by atoms with Crippen molar-refractivity contribution in [1.82, 2.24) is 10.6 Å². The number of rotatable bonds is 5. The first kappa shape index (κ1) is 13.2. The van der Waals surface area contributed by atoms with Crippen molar-refractivity contribution in [3.63, 3.8) is 0 Å². The summed E-state index contributed by atoms with van der Waals surface area (Å²) in [6.07, 6.45) is 5.14. The predicted molar refractivity (Wildman–Crippen MR) is 63.5 cm³/mol. The third-order valence-corrected chi connectivity index (χ3v) is 3.84. The van der Waals surface area contributed by atoms with Gasteiger partial charge in [0.2, 0.25) is 0 Å². The van der Waals surface area contributed by atoms with Crippen LogP contribution in [-0.4, -0.2) is 30.9 Å². The minimum absolute atomic E-state index is 0.221. The first-order chi connectivity index (χ1) is 7.45. The molecule has 0 fully saturated rings. The average molecular weight is 246 g/mol. The fraction of sp³-hybridized carbons (Fsp3) is 0.600. The minimum atomic E-state index is -4.16. The Morgan fingerprint density at radius 2 is 2.12 bits per heavy atom. The predicted octanol–water partition coefficient (Wildman–Crippen LogP) is 0.633. The number of likely N-dealkylation sites (N-methyl/N-ethyl adjacent to an activating group) is 2. The molecule has 6 heteroatoms. The summed E-state index contributed by atoms with van der Waals surface area (Å²) in [5.74, 6) is 0. The highest BCUT2D eigenvalue weighted by atomic mass is 32.2.